The zero-order chi connectivity index (χ0) is 25.6. The maximum Gasteiger partial charge on any atom is 0.151 e. The van der Waals surface area contributed by atoms with Crippen LogP contribution in [0, 0.1) is 18.3 Å². The van der Waals surface area contributed by atoms with E-state index in [0.29, 0.717) is 42.1 Å². The fraction of sp³-hybridized carbons (Fsp3) is 0.567. The van der Waals surface area contributed by atoms with E-state index >= 15 is 0 Å². The Morgan fingerprint density at radius 3 is 2.54 bits per heavy atom. The summed E-state index contributed by atoms with van der Waals surface area (Å²) in [5, 5.41) is 11.4. The molecule has 5 atom stereocenters. The molecule has 0 bridgehead atoms. The van der Waals surface area contributed by atoms with E-state index in [1.54, 1.807) is 0 Å². The van der Waals surface area contributed by atoms with E-state index < -0.39 is 18.3 Å². The van der Waals surface area contributed by atoms with Gasteiger partial charge in [0.05, 0.1) is 12.2 Å². The maximum absolute atomic E-state index is 11.7. The van der Waals surface area contributed by atoms with Crippen LogP contribution in [0.5, 0.6) is 0 Å². The number of hydrogen-bond donors (Lipinski definition) is 1. The maximum atomic E-state index is 11.7. The van der Waals surface area contributed by atoms with Crippen LogP contribution in [0.15, 0.2) is 42.5 Å². The fourth-order valence-electron chi connectivity index (χ4n) is 4.48. The first-order valence-electron chi connectivity index (χ1n) is 12.8. The van der Waals surface area contributed by atoms with Crippen molar-refractivity contribution in [2.75, 3.05) is 6.61 Å². The Bertz CT molecular complexity index is 950. The fourth-order valence-corrected chi connectivity index (χ4v) is 4.67. The molecule has 1 aliphatic rings. The van der Waals surface area contributed by atoms with E-state index in [1.165, 1.54) is 17.5 Å². The predicted molar refractivity (Wildman–Crippen MR) is 142 cm³/mol. The Hall–Kier alpha value is -1.72. The van der Waals surface area contributed by atoms with Gasteiger partial charge in [0, 0.05) is 18.1 Å². The molecule has 1 fully saturated rings. The van der Waals surface area contributed by atoms with Crippen LogP contribution in [0.3, 0.4) is 0 Å². The standard InChI is InChI=1S/C30H41ClO4/c1-20-6-8-22(9-7-20)16-24-17-23(10-11-25(24)31)26-18-27(29(33)28(19-32)35-26)34-15-13-21(2)12-14-30(3,4)5/h6-11,17,19,21,26-29,33H,12-16,18H2,1-5H3. The van der Waals surface area contributed by atoms with Crippen molar-refractivity contribution in [2.45, 2.75) is 91.1 Å². The summed E-state index contributed by atoms with van der Waals surface area (Å²) in [6, 6.07) is 14.3. The van der Waals surface area contributed by atoms with Gasteiger partial charge in [-0.1, -0.05) is 87.7 Å². The van der Waals surface area contributed by atoms with Gasteiger partial charge >= 0.3 is 0 Å². The third-order valence-corrected chi connectivity index (χ3v) is 7.27. The summed E-state index contributed by atoms with van der Waals surface area (Å²) >= 11 is 6.51. The lowest BCUT2D eigenvalue weighted by Gasteiger charge is -2.37. The van der Waals surface area contributed by atoms with E-state index in [4.69, 9.17) is 21.1 Å². The lowest BCUT2D eigenvalue weighted by atomic mass is 9.86. The Kier molecular flexibility index (Phi) is 9.94. The number of hydrogen-bond acceptors (Lipinski definition) is 4. The molecular formula is C30H41ClO4. The SMILES string of the molecule is Cc1ccc(Cc2cc(C3CC(OCCC(C)CCC(C)(C)C)C(O)C(C=O)O3)ccc2Cl)cc1. The second kappa shape index (κ2) is 12.5. The van der Waals surface area contributed by atoms with Crippen molar-refractivity contribution >= 4 is 17.9 Å². The molecule has 0 aromatic heterocycles. The minimum atomic E-state index is -0.965. The van der Waals surface area contributed by atoms with Crippen LogP contribution in [0.1, 0.15) is 81.7 Å². The van der Waals surface area contributed by atoms with E-state index in [2.05, 4.69) is 65.0 Å². The molecule has 0 saturated carbocycles. The first kappa shape index (κ1) is 27.9. The summed E-state index contributed by atoms with van der Waals surface area (Å²) in [6.07, 6.45) is 2.48. The number of benzene rings is 2. The van der Waals surface area contributed by atoms with Crippen LogP contribution in [0.4, 0.5) is 0 Å². The third kappa shape index (κ3) is 8.42. The van der Waals surface area contributed by atoms with Gasteiger partial charge in [0.25, 0.3) is 0 Å². The summed E-state index contributed by atoms with van der Waals surface area (Å²) in [4.78, 5) is 11.7. The number of aryl methyl sites for hydroxylation is 1. The smallest absolute Gasteiger partial charge is 0.151 e. The predicted octanol–water partition coefficient (Wildman–Crippen LogP) is 6.87. The average molecular weight is 501 g/mol. The minimum absolute atomic E-state index is 0.327. The Balaban J connectivity index is 1.65. The summed E-state index contributed by atoms with van der Waals surface area (Å²) in [5.41, 5.74) is 4.69. The number of halogens is 1. The highest BCUT2D eigenvalue weighted by Crippen LogP contribution is 2.35. The van der Waals surface area contributed by atoms with Gasteiger partial charge in [0.1, 0.15) is 12.2 Å². The zero-order valence-electron chi connectivity index (χ0n) is 21.8. The number of rotatable bonds is 10. The van der Waals surface area contributed by atoms with Gasteiger partial charge in [0.15, 0.2) is 6.29 Å². The Morgan fingerprint density at radius 1 is 1.17 bits per heavy atom. The van der Waals surface area contributed by atoms with Crippen LogP contribution in [0.2, 0.25) is 5.02 Å². The minimum Gasteiger partial charge on any atom is -0.387 e. The Labute approximate surface area is 216 Å². The zero-order valence-corrected chi connectivity index (χ0v) is 22.6. The molecule has 2 aromatic rings. The highest BCUT2D eigenvalue weighted by molar-refractivity contribution is 6.31. The van der Waals surface area contributed by atoms with Crippen LogP contribution in [0.25, 0.3) is 0 Å². The lowest BCUT2D eigenvalue weighted by molar-refractivity contribution is -0.184. The molecule has 0 spiro atoms. The summed E-state index contributed by atoms with van der Waals surface area (Å²) in [6.45, 7) is 11.7. The first-order chi connectivity index (χ1) is 16.6. The highest BCUT2D eigenvalue weighted by Gasteiger charge is 2.39. The second-order valence-electron chi connectivity index (χ2n) is 11.4. The summed E-state index contributed by atoms with van der Waals surface area (Å²) < 4.78 is 12.1. The first-order valence-corrected chi connectivity index (χ1v) is 13.2. The monoisotopic (exact) mass is 500 g/mol. The number of aliphatic hydroxyl groups excluding tert-OH is 1. The van der Waals surface area contributed by atoms with Gasteiger partial charge < -0.3 is 19.4 Å². The van der Waals surface area contributed by atoms with Crippen molar-refractivity contribution < 1.29 is 19.4 Å². The molecule has 4 nitrogen and oxygen atoms in total. The largest absolute Gasteiger partial charge is 0.387 e. The summed E-state index contributed by atoms with van der Waals surface area (Å²) in [7, 11) is 0. The topological polar surface area (TPSA) is 55.8 Å². The van der Waals surface area contributed by atoms with Crippen LogP contribution in [-0.4, -0.2) is 36.3 Å². The van der Waals surface area contributed by atoms with Gasteiger partial charge in [-0.3, -0.25) is 0 Å². The molecule has 3 rings (SSSR count). The van der Waals surface area contributed by atoms with Crippen molar-refractivity contribution in [3.05, 3.63) is 69.7 Å². The molecule has 2 aromatic carbocycles. The number of aldehydes is 1. The van der Waals surface area contributed by atoms with Crippen molar-refractivity contribution in [2.24, 2.45) is 11.3 Å². The molecule has 0 amide bonds. The van der Waals surface area contributed by atoms with Gasteiger partial charge in [0.2, 0.25) is 0 Å². The van der Waals surface area contributed by atoms with Crippen LogP contribution in [-0.2, 0) is 20.7 Å². The number of carbonyl (C=O) groups excluding carboxylic acids is 1. The van der Waals surface area contributed by atoms with Crippen molar-refractivity contribution in [3.8, 4) is 0 Å². The molecule has 0 aliphatic carbocycles. The molecule has 1 aliphatic heterocycles. The van der Waals surface area contributed by atoms with Crippen molar-refractivity contribution in [3.63, 3.8) is 0 Å². The Morgan fingerprint density at radius 2 is 1.89 bits per heavy atom. The van der Waals surface area contributed by atoms with Gasteiger partial charge in [-0.15, -0.1) is 0 Å². The van der Waals surface area contributed by atoms with Gasteiger partial charge in [-0.2, -0.15) is 0 Å². The third-order valence-electron chi connectivity index (χ3n) is 6.91. The molecule has 192 valence electrons. The van der Waals surface area contributed by atoms with E-state index in [0.717, 1.165) is 24.0 Å². The van der Waals surface area contributed by atoms with Crippen LogP contribution < -0.4 is 0 Å². The van der Waals surface area contributed by atoms with Crippen molar-refractivity contribution in [1.29, 1.82) is 0 Å². The highest BCUT2D eigenvalue weighted by atomic mass is 35.5. The van der Waals surface area contributed by atoms with E-state index in [1.807, 2.05) is 12.1 Å². The van der Waals surface area contributed by atoms with Gasteiger partial charge in [-0.25, -0.2) is 0 Å². The van der Waals surface area contributed by atoms with E-state index in [9.17, 15) is 9.90 Å². The average Bonchev–Trinajstić information content (AvgIpc) is 2.81. The second-order valence-corrected chi connectivity index (χ2v) is 11.8. The number of aliphatic hydroxyl groups is 1. The number of carbonyl (C=O) groups is 1. The molecule has 35 heavy (non-hydrogen) atoms. The normalized spacial score (nSPS) is 23.7. The molecule has 0 radical (unpaired) electrons. The molecule has 1 heterocycles. The lowest BCUT2D eigenvalue weighted by Crippen LogP contribution is -2.47. The molecule has 1 saturated heterocycles. The van der Waals surface area contributed by atoms with Gasteiger partial charge in [-0.05, 0) is 60.3 Å². The van der Waals surface area contributed by atoms with Crippen molar-refractivity contribution in [1.82, 2.24) is 0 Å². The van der Waals surface area contributed by atoms with Crippen LogP contribution >= 0.6 is 11.6 Å². The van der Waals surface area contributed by atoms with E-state index in [-0.39, 0.29) is 6.10 Å². The molecule has 5 heteroatoms. The molecule has 1 N–H and O–H groups in total. The molecular weight excluding hydrogens is 460 g/mol. The number of ether oxygens (including phenoxy) is 2. The molecule has 5 unspecified atom stereocenters. The summed E-state index contributed by atoms with van der Waals surface area (Å²) in [5.74, 6) is 0.546. The quantitative estimate of drug-likeness (QED) is 0.362.